The Balaban J connectivity index is 2.34. The molecule has 1 amide bonds. The van der Waals surface area contributed by atoms with E-state index in [0.29, 0.717) is 18.0 Å². The summed E-state index contributed by atoms with van der Waals surface area (Å²) in [5.41, 5.74) is 0.495. The minimum atomic E-state index is -0.136. The van der Waals surface area contributed by atoms with Crippen LogP contribution in [0.1, 0.15) is 10.5 Å². The van der Waals surface area contributed by atoms with Crippen molar-refractivity contribution in [2.75, 3.05) is 12.3 Å². The van der Waals surface area contributed by atoms with Gasteiger partial charge >= 0.3 is 0 Å². The zero-order chi connectivity index (χ0) is 11.5. The summed E-state index contributed by atoms with van der Waals surface area (Å²) in [6.45, 7) is 0.553. The van der Waals surface area contributed by atoms with Gasteiger partial charge in [-0.3, -0.25) is 4.79 Å². The molecule has 84 valence electrons. The van der Waals surface area contributed by atoms with Crippen LogP contribution in [0.15, 0.2) is 22.7 Å². The maximum Gasteiger partial charge on any atom is 0.271 e. The van der Waals surface area contributed by atoms with Crippen molar-refractivity contribution in [3.63, 3.8) is 0 Å². The van der Waals surface area contributed by atoms with Crippen molar-refractivity contribution in [1.82, 2.24) is 9.69 Å². The summed E-state index contributed by atoms with van der Waals surface area (Å²) in [4.78, 5) is 11.8. The number of amides is 1. The molecule has 0 aliphatic heterocycles. The van der Waals surface area contributed by atoms with Gasteiger partial charge in [0.15, 0.2) is 0 Å². The Hall–Kier alpha value is -0.590. The predicted octanol–water partition coefficient (Wildman–Crippen LogP) is 2.72. The standard InChI is InChI=1S/C10H9BrN2OS2/c11-6-1-2-7-8(5-6)16-13-9(7)10(14)12-3-4-15/h1-2,5,15H,3-4H2,(H,12,14). The van der Waals surface area contributed by atoms with E-state index < -0.39 is 0 Å². The Bertz CT molecular complexity index is 527. The van der Waals surface area contributed by atoms with E-state index in [1.165, 1.54) is 11.5 Å². The normalized spacial score (nSPS) is 10.6. The van der Waals surface area contributed by atoms with E-state index in [-0.39, 0.29) is 5.91 Å². The highest BCUT2D eigenvalue weighted by atomic mass is 79.9. The number of rotatable bonds is 3. The van der Waals surface area contributed by atoms with Crippen LogP contribution in [0.5, 0.6) is 0 Å². The van der Waals surface area contributed by atoms with Crippen LogP contribution in [0.3, 0.4) is 0 Å². The smallest absolute Gasteiger partial charge is 0.271 e. The molecule has 2 aromatic rings. The molecule has 0 aliphatic carbocycles. The molecule has 1 N–H and O–H groups in total. The Morgan fingerprint density at radius 1 is 1.56 bits per heavy atom. The molecular formula is C10H9BrN2OS2. The van der Waals surface area contributed by atoms with Crippen molar-refractivity contribution in [2.24, 2.45) is 0 Å². The van der Waals surface area contributed by atoms with Crippen LogP contribution >= 0.6 is 40.1 Å². The van der Waals surface area contributed by atoms with Gasteiger partial charge in [-0.25, -0.2) is 0 Å². The van der Waals surface area contributed by atoms with E-state index in [9.17, 15) is 4.79 Å². The predicted molar refractivity (Wildman–Crippen MR) is 73.5 cm³/mol. The van der Waals surface area contributed by atoms with E-state index >= 15 is 0 Å². The first-order chi connectivity index (χ1) is 7.72. The highest BCUT2D eigenvalue weighted by Gasteiger charge is 2.13. The zero-order valence-electron chi connectivity index (χ0n) is 8.24. The van der Waals surface area contributed by atoms with Crippen molar-refractivity contribution in [1.29, 1.82) is 0 Å². The summed E-state index contributed by atoms with van der Waals surface area (Å²) < 4.78 is 6.17. The molecule has 0 unspecified atom stereocenters. The van der Waals surface area contributed by atoms with Gasteiger partial charge in [0, 0.05) is 22.2 Å². The Morgan fingerprint density at radius 2 is 2.38 bits per heavy atom. The average Bonchev–Trinajstić information content (AvgIpc) is 2.68. The third-order valence-corrected chi connectivity index (χ3v) is 3.57. The van der Waals surface area contributed by atoms with Gasteiger partial charge in [-0.15, -0.1) is 0 Å². The summed E-state index contributed by atoms with van der Waals surface area (Å²) in [6, 6.07) is 5.77. The molecule has 0 saturated carbocycles. The highest BCUT2D eigenvalue weighted by molar-refractivity contribution is 9.10. The van der Waals surface area contributed by atoms with E-state index in [4.69, 9.17) is 0 Å². The van der Waals surface area contributed by atoms with Gasteiger partial charge in [0.2, 0.25) is 0 Å². The molecule has 1 aromatic carbocycles. The Morgan fingerprint density at radius 3 is 3.12 bits per heavy atom. The van der Waals surface area contributed by atoms with Crippen LogP contribution in [0.2, 0.25) is 0 Å². The van der Waals surface area contributed by atoms with Crippen LogP contribution in [0, 0.1) is 0 Å². The molecule has 0 aliphatic rings. The second-order valence-electron chi connectivity index (χ2n) is 3.15. The number of thiol groups is 1. The first kappa shape index (κ1) is 11.9. The summed E-state index contributed by atoms with van der Waals surface area (Å²) in [6.07, 6.45) is 0. The van der Waals surface area contributed by atoms with Crippen LogP contribution in [-0.4, -0.2) is 22.6 Å². The third kappa shape index (κ3) is 2.39. The number of hydrogen-bond acceptors (Lipinski definition) is 4. The number of carbonyl (C=O) groups is 1. The second-order valence-corrected chi connectivity index (χ2v) is 5.32. The molecule has 0 fully saturated rings. The van der Waals surface area contributed by atoms with Crippen molar-refractivity contribution < 1.29 is 4.79 Å². The summed E-state index contributed by atoms with van der Waals surface area (Å²) in [7, 11) is 0. The van der Waals surface area contributed by atoms with E-state index in [1.54, 1.807) is 0 Å². The number of hydrogen-bond donors (Lipinski definition) is 2. The molecule has 16 heavy (non-hydrogen) atoms. The topological polar surface area (TPSA) is 42.0 Å². The van der Waals surface area contributed by atoms with Gasteiger partial charge < -0.3 is 5.32 Å². The van der Waals surface area contributed by atoms with Crippen molar-refractivity contribution in [3.05, 3.63) is 28.4 Å². The van der Waals surface area contributed by atoms with Crippen molar-refractivity contribution in [2.45, 2.75) is 0 Å². The lowest BCUT2D eigenvalue weighted by Gasteiger charge is -2.00. The molecule has 3 nitrogen and oxygen atoms in total. The number of carbonyl (C=O) groups excluding carboxylic acids is 1. The SMILES string of the molecule is O=C(NCCS)c1nsc2cc(Br)ccc12. The fourth-order valence-electron chi connectivity index (χ4n) is 1.33. The van der Waals surface area contributed by atoms with Crippen molar-refractivity contribution in [3.8, 4) is 0 Å². The molecule has 0 bridgehead atoms. The molecule has 6 heteroatoms. The molecule has 0 atom stereocenters. The lowest BCUT2D eigenvalue weighted by atomic mass is 10.2. The Kier molecular flexibility index (Phi) is 3.83. The van der Waals surface area contributed by atoms with E-state index in [1.807, 2.05) is 18.2 Å². The molecule has 0 radical (unpaired) electrons. The fourth-order valence-corrected chi connectivity index (χ4v) is 2.77. The fraction of sp³-hybridized carbons (Fsp3) is 0.200. The number of benzene rings is 1. The number of halogens is 1. The molecule has 1 heterocycles. The zero-order valence-corrected chi connectivity index (χ0v) is 11.5. The third-order valence-electron chi connectivity index (χ3n) is 2.05. The number of nitrogens with one attached hydrogen (secondary N) is 1. The first-order valence-electron chi connectivity index (χ1n) is 4.66. The number of aromatic nitrogens is 1. The largest absolute Gasteiger partial charge is 0.350 e. The van der Waals surface area contributed by atoms with Crippen molar-refractivity contribution >= 4 is 56.1 Å². The maximum atomic E-state index is 11.8. The van der Waals surface area contributed by atoms with Crippen LogP contribution < -0.4 is 5.32 Å². The van der Waals surface area contributed by atoms with Gasteiger partial charge in [0.25, 0.3) is 5.91 Å². The summed E-state index contributed by atoms with van der Waals surface area (Å²) in [5, 5.41) is 3.65. The minimum Gasteiger partial charge on any atom is -0.350 e. The monoisotopic (exact) mass is 316 g/mol. The Labute approximate surface area is 111 Å². The van der Waals surface area contributed by atoms with Crippen LogP contribution in [-0.2, 0) is 0 Å². The van der Waals surface area contributed by atoms with Crippen LogP contribution in [0.25, 0.3) is 10.1 Å². The second kappa shape index (κ2) is 5.16. The van der Waals surface area contributed by atoms with Gasteiger partial charge in [0.1, 0.15) is 5.69 Å². The summed E-state index contributed by atoms with van der Waals surface area (Å²) in [5.74, 6) is 0.488. The number of fused-ring (bicyclic) bond motifs is 1. The maximum absolute atomic E-state index is 11.8. The molecule has 1 aromatic heterocycles. The summed E-state index contributed by atoms with van der Waals surface area (Å²) >= 11 is 8.76. The highest BCUT2D eigenvalue weighted by Crippen LogP contribution is 2.25. The average molecular weight is 317 g/mol. The van der Waals surface area contributed by atoms with Crippen LogP contribution in [0.4, 0.5) is 0 Å². The van der Waals surface area contributed by atoms with Gasteiger partial charge in [-0.05, 0) is 29.7 Å². The van der Waals surface area contributed by atoms with E-state index in [0.717, 1.165) is 14.6 Å². The minimum absolute atomic E-state index is 0.136. The van der Waals surface area contributed by atoms with Gasteiger partial charge in [-0.2, -0.15) is 17.0 Å². The molecule has 2 rings (SSSR count). The quantitative estimate of drug-likeness (QED) is 0.855. The first-order valence-corrected chi connectivity index (χ1v) is 6.86. The van der Waals surface area contributed by atoms with Gasteiger partial charge in [0.05, 0.1) is 4.70 Å². The van der Waals surface area contributed by atoms with E-state index in [2.05, 4.69) is 38.2 Å². The molecule has 0 saturated heterocycles. The molecular weight excluding hydrogens is 308 g/mol. The number of nitrogens with zero attached hydrogens (tertiary/aromatic N) is 1. The lowest BCUT2D eigenvalue weighted by molar-refractivity contribution is 0.0954. The van der Waals surface area contributed by atoms with Gasteiger partial charge in [-0.1, -0.05) is 15.9 Å². The lowest BCUT2D eigenvalue weighted by Crippen LogP contribution is -2.25. The molecule has 0 spiro atoms.